The zero-order valence-electron chi connectivity index (χ0n) is 7.12. The third-order valence-corrected chi connectivity index (χ3v) is 3.85. The summed E-state index contributed by atoms with van der Waals surface area (Å²) >= 11 is 0. The summed E-state index contributed by atoms with van der Waals surface area (Å²) in [5, 5.41) is 0. The molecule has 0 nitrogen and oxygen atoms in total. The lowest BCUT2D eigenvalue weighted by molar-refractivity contribution is -0.233. The molecule has 2 aliphatic rings. The largest absolute Gasteiger partial charge is 0.394 e. The SMILES string of the molecule is C[C@H]1CC2CCC1(C(F)(F)F)C2. The molecule has 70 valence electrons. The van der Waals surface area contributed by atoms with Gasteiger partial charge in [-0.1, -0.05) is 6.92 Å². The molecule has 2 bridgehead atoms. The second kappa shape index (κ2) is 2.18. The van der Waals surface area contributed by atoms with Crippen LogP contribution in [0, 0.1) is 17.3 Å². The van der Waals surface area contributed by atoms with Crippen molar-refractivity contribution in [2.75, 3.05) is 0 Å². The predicted octanol–water partition coefficient (Wildman–Crippen LogP) is 3.38. The van der Waals surface area contributed by atoms with E-state index in [2.05, 4.69) is 0 Å². The molecule has 2 unspecified atom stereocenters. The van der Waals surface area contributed by atoms with Crippen LogP contribution >= 0.6 is 0 Å². The molecule has 0 aromatic carbocycles. The van der Waals surface area contributed by atoms with Crippen LogP contribution in [0.25, 0.3) is 0 Å². The molecule has 0 amide bonds. The van der Waals surface area contributed by atoms with Gasteiger partial charge in [0.05, 0.1) is 5.41 Å². The fourth-order valence-corrected chi connectivity index (χ4v) is 3.09. The first-order valence-corrected chi connectivity index (χ1v) is 4.52. The second-order valence-corrected chi connectivity index (χ2v) is 4.40. The summed E-state index contributed by atoms with van der Waals surface area (Å²) in [5.74, 6) is 0.220. The van der Waals surface area contributed by atoms with E-state index in [1.165, 1.54) is 0 Å². The highest BCUT2D eigenvalue weighted by molar-refractivity contribution is 5.03. The number of rotatable bonds is 0. The van der Waals surface area contributed by atoms with Gasteiger partial charge >= 0.3 is 6.18 Å². The Labute approximate surface area is 70.1 Å². The number of hydrogen-bond donors (Lipinski definition) is 0. The molecule has 0 aromatic rings. The van der Waals surface area contributed by atoms with Crippen molar-refractivity contribution in [3.05, 3.63) is 0 Å². The van der Waals surface area contributed by atoms with Crippen molar-refractivity contribution in [2.45, 2.75) is 38.8 Å². The normalized spacial score (nSPS) is 47.0. The lowest BCUT2D eigenvalue weighted by Crippen LogP contribution is -2.39. The fourth-order valence-electron chi connectivity index (χ4n) is 3.09. The van der Waals surface area contributed by atoms with Crippen LogP contribution in [0.15, 0.2) is 0 Å². The van der Waals surface area contributed by atoms with Crippen molar-refractivity contribution in [2.24, 2.45) is 17.3 Å². The third kappa shape index (κ3) is 0.852. The van der Waals surface area contributed by atoms with E-state index in [9.17, 15) is 13.2 Å². The van der Waals surface area contributed by atoms with E-state index in [4.69, 9.17) is 0 Å². The number of alkyl halides is 3. The summed E-state index contributed by atoms with van der Waals surface area (Å²) in [6.07, 6.45) is -1.60. The molecule has 0 N–H and O–H groups in total. The molecule has 12 heavy (non-hydrogen) atoms. The summed E-state index contributed by atoms with van der Waals surface area (Å²) in [7, 11) is 0. The maximum absolute atomic E-state index is 12.7. The minimum atomic E-state index is -3.96. The zero-order chi connectivity index (χ0) is 8.98. The van der Waals surface area contributed by atoms with Gasteiger partial charge < -0.3 is 0 Å². The molecule has 2 fully saturated rings. The van der Waals surface area contributed by atoms with E-state index in [0.29, 0.717) is 18.8 Å². The van der Waals surface area contributed by atoms with Crippen LogP contribution in [0.1, 0.15) is 32.6 Å². The van der Waals surface area contributed by atoms with Crippen molar-refractivity contribution >= 4 is 0 Å². The lowest BCUT2D eigenvalue weighted by Gasteiger charge is -2.34. The topological polar surface area (TPSA) is 0 Å². The molecule has 0 heterocycles. The van der Waals surface area contributed by atoms with Gasteiger partial charge in [-0.25, -0.2) is 0 Å². The maximum atomic E-state index is 12.7. The van der Waals surface area contributed by atoms with Crippen molar-refractivity contribution < 1.29 is 13.2 Å². The van der Waals surface area contributed by atoms with Gasteiger partial charge in [0.15, 0.2) is 0 Å². The summed E-state index contributed by atoms with van der Waals surface area (Å²) in [4.78, 5) is 0. The Morgan fingerprint density at radius 2 is 2.00 bits per heavy atom. The quantitative estimate of drug-likeness (QED) is 0.533. The van der Waals surface area contributed by atoms with Crippen LogP contribution in [0.4, 0.5) is 13.2 Å². The Bertz CT molecular complexity index is 196. The first-order valence-electron chi connectivity index (χ1n) is 4.52. The van der Waals surface area contributed by atoms with Gasteiger partial charge in [0.25, 0.3) is 0 Å². The van der Waals surface area contributed by atoms with Crippen LogP contribution in [0.3, 0.4) is 0 Å². The van der Waals surface area contributed by atoms with Gasteiger partial charge in [0.2, 0.25) is 0 Å². The van der Waals surface area contributed by atoms with Gasteiger partial charge in [-0.15, -0.1) is 0 Å². The van der Waals surface area contributed by atoms with Gasteiger partial charge in [0.1, 0.15) is 0 Å². The highest BCUT2D eigenvalue weighted by Gasteiger charge is 2.64. The van der Waals surface area contributed by atoms with Crippen LogP contribution in [-0.2, 0) is 0 Å². The minimum absolute atomic E-state index is 0.142. The van der Waals surface area contributed by atoms with Crippen molar-refractivity contribution in [1.82, 2.24) is 0 Å². The van der Waals surface area contributed by atoms with Gasteiger partial charge in [0, 0.05) is 0 Å². The molecule has 2 aliphatic carbocycles. The molecule has 0 aromatic heterocycles. The summed E-state index contributed by atoms with van der Waals surface area (Å²) in [5.41, 5.74) is -1.29. The molecule has 2 saturated carbocycles. The van der Waals surface area contributed by atoms with Crippen LogP contribution < -0.4 is 0 Å². The average molecular weight is 178 g/mol. The Morgan fingerprint density at radius 1 is 1.33 bits per heavy atom. The molecular formula is C9H13F3. The number of hydrogen-bond acceptors (Lipinski definition) is 0. The molecule has 0 aliphatic heterocycles. The molecule has 3 heteroatoms. The number of halogens is 3. The van der Waals surface area contributed by atoms with Crippen molar-refractivity contribution in [3.63, 3.8) is 0 Å². The van der Waals surface area contributed by atoms with Gasteiger partial charge in [-0.3, -0.25) is 0 Å². The van der Waals surface area contributed by atoms with E-state index < -0.39 is 11.6 Å². The summed E-state index contributed by atoms with van der Waals surface area (Å²) in [6, 6.07) is 0. The average Bonchev–Trinajstić information content (AvgIpc) is 2.41. The Morgan fingerprint density at radius 3 is 2.25 bits per heavy atom. The standard InChI is InChI=1S/C9H13F3/c1-6-4-7-2-3-8(6,5-7)9(10,11)12/h6-7H,2-5H2,1H3/t6-,7?,8?/m0/s1. The fraction of sp³-hybridized carbons (Fsp3) is 1.00. The Hall–Kier alpha value is -0.210. The van der Waals surface area contributed by atoms with E-state index in [-0.39, 0.29) is 5.92 Å². The zero-order valence-corrected chi connectivity index (χ0v) is 7.12. The molecule has 0 spiro atoms. The minimum Gasteiger partial charge on any atom is -0.170 e. The van der Waals surface area contributed by atoms with E-state index in [1.54, 1.807) is 6.92 Å². The van der Waals surface area contributed by atoms with Crippen LogP contribution in [0.2, 0.25) is 0 Å². The van der Waals surface area contributed by atoms with Gasteiger partial charge in [-0.2, -0.15) is 13.2 Å². The monoisotopic (exact) mass is 178 g/mol. The highest BCUT2D eigenvalue weighted by atomic mass is 19.4. The molecular weight excluding hydrogens is 165 g/mol. The molecule has 3 atom stereocenters. The molecule has 2 rings (SSSR count). The second-order valence-electron chi connectivity index (χ2n) is 4.40. The van der Waals surface area contributed by atoms with E-state index >= 15 is 0 Å². The Kier molecular flexibility index (Phi) is 1.52. The van der Waals surface area contributed by atoms with Crippen LogP contribution in [-0.4, -0.2) is 6.18 Å². The van der Waals surface area contributed by atoms with E-state index in [0.717, 1.165) is 12.8 Å². The first kappa shape index (κ1) is 8.39. The van der Waals surface area contributed by atoms with Crippen molar-refractivity contribution in [1.29, 1.82) is 0 Å². The summed E-state index contributed by atoms with van der Waals surface area (Å²) in [6.45, 7) is 1.76. The van der Waals surface area contributed by atoms with Gasteiger partial charge in [-0.05, 0) is 37.5 Å². The smallest absolute Gasteiger partial charge is 0.170 e. The van der Waals surface area contributed by atoms with E-state index in [1.807, 2.05) is 0 Å². The summed E-state index contributed by atoms with van der Waals surface area (Å²) < 4.78 is 38.1. The highest BCUT2D eigenvalue weighted by Crippen LogP contribution is 2.64. The lowest BCUT2D eigenvalue weighted by atomic mass is 9.75. The number of fused-ring (bicyclic) bond motifs is 2. The first-order chi connectivity index (χ1) is 5.46. The maximum Gasteiger partial charge on any atom is 0.394 e. The predicted molar refractivity (Wildman–Crippen MR) is 39.6 cm³/mol. The molecule has 0 radical (unpaired) electrons. The Balaban J connectivity index is 2.30. The third-order valence-electron chi connectivity index (χ3n) is 3.85. The van der Waals surface area contributed by atoms with Crippen LogP contribution in [0.5, 0.6) is 0 Å². The molecule has 0 saturated heterocycles. The van der Waals surface area contributed by atoms with Crippen molar-refractivity contribution in [3.8, 4) is 0 Å².